The Kier molecular flexibility index (Phi) is 5.38. The Hall–Kier alpha value is -2.71. The van der Waals surface area contributed by atoms with Crippen LogP contribution in [0.4, 0.5) is 11.4 Å². The first kappa shape index (κ1) is 19.6. The zero-order valence-corrected chi connectivity index (χ0v) is 16.8. The molecule has 29 heavy (non-hydrogen) atoms. The van der Waals surface area contributed by atoms with Crippen LogP contribution >= 0.6 is 0 Å². The zero-order chi connectivity index (χ0) is 20.4. The van der Waals surface area contributed by atoms with Gasteiger partial charge in [0.15, 0.2) is 0 Å². The van der Waals surface area contributed by atoms with Gasteiger partial charge in [0.25, 0.3) is 5.91 Å². The zero-order valence-electron chi connectivity index (χ0n) is 16.0. The molecule has 2 aliphatic heterocycles. The van der Waals surface area contributed by atoms with Crippen molar-refractivity contribution in [1.82, 2.24) is 4.31 Å². The summed E-state index contributed by atoms with van der Waals surface area (Å²) in [7, 11) is -3.54. The van der Waals surface area contributed by atoms with Gasteiger partial charge >= 0.3 is 0 Å². The molecule has 0 unspecified atom stereocenters. The summed E-state index contributed by atoms with van der Waals surface area (Å²) in [5.41, 5.74) is 1.64. The smallest absolute Gasteiger partial charge is 0.255 e. The Bertz CT molecular complexity index is 1030. The van der Waals surface area contributed by atoms with Crippen LogP contribution in [0, 0.1) is 0 Å². The fourth-order valence-electron chi connectivity index (χ4n) is 3.73. The second-order valence-corrected chi connectivity index (χ2v) is 9.23. The summed E-state index contributed by atoms with van der Waals surface area (Å²) in [4.78, 5) is 26.3. The number of carbonyl (C=O) groups is 2. The van der Waals surface area contributed by atoms with Gasteiger partial charge in [0.2, 0.25) is 15.9 Å². The molecule has 152 valence electrons. The maximum atomic E-state index is 12.7. The minimum atomic E-state index is -3.54. The molecule has 0 radical (unpaired) electrons. The lowest BCUT2D eigenvalue weighted by molar-refractivity contribution is -0.117. The maximum Gasteiger partial charge on any atom is 0.255 e. The van der Waals surface area contributed by atoms with E-state index >= 15 is 0 Å². The topological polar surface area (TPSA) is 86.8 Å². The number of nitrogens with one attached hydrogen (secondary N) is 1. The van der Waals surface area contributed by atoms with Crippen LogP contribution in [-0.4, -0.2) is 44.2 Å². The van der Waals surface area contributed by atoms with E-state index in [0.717, 1.165) is 24.9 Å². The Morgan fingerprint density at radius 3 is 2.31 bits per heavy atom. The van der Waals surface area contributed by atoms with Gasteiger partial charge in [-0.25, -0.2) is 8.42 Å². The van der Waals surface area contributed by atoms with Crippen LogP contribution in [0.3, 0.4) is 0 Å². The summed E-state index contributed by atoms with van der Waals surface area (Å²) in [6.07, 6.45) is 3.14. The van der Waals surface area contributed by atoms with Crippen LogP contribution in [0.25, 0.3) is 0 Å². The van der Waals surface area contributed by atoms with Crippen molar-refractivity contribution in [2.75, 3.05) is 29.9 Å². The predicted octanol–water partition coefficient (Wildman–Crippen LogP) is 2.85. The third kappa shape index (κ3) is 4.04. The molecule has 0 aliphatic carbocycles. The quantitative estimate of drug-likeness (QED) is 0.817. The maximum absolute atomic E-state index is 12.7. The van der Waals surface area contributed by atoms with Crippen molar-refractivity contribution in [3.05, 3.63) is 54.1 Å². The van der Waals surface area contributed by atoms with Gasteiger partial charge in [-0.05, 0) is 61.7 Å². The lowest BCUT2D eigenvalue weighted by Gasteiger charge is -2.17. The van der Waals surface area contributed by atoms with E-state index in [1.807, 2.05) is 0 Å². The Labute approximate surface area is 170 Å². The molecule has 2 saturated heterocycles. The number of amides is 2. The predicted molar refractivity (Wildman–Crippen MR) is 110 cm³/mol. The molecule has 2 aromatic rings. The van der Waals surface area contributed by atoms with E-state index in [1.165, 1.54) is 10.4 Å². The molecule has 0 aromatic heterocycles. The normalized spacial score (nSPS) is 17.7. The van der Waals surface area contributed by atoms with Gasteiger partial charge in [0.1, 0.15) is 0 Å². The number of nitrogens with zero attached hydrogens (tertiary/aromatic N) is 2. The van der Waals surface area contributed by atoms with Gasteiger partial charge in [0, 0.05) is 43.0 Å². The third-order valence-electron chi connectivity index (χ3n) is 5.31. The SMILES string of the molecule is O=C(Nc1cccc(S(=O)(=O)N2CCCC2)c1)c1ccc(N2CCCC2=O)cc1. The molecule has 2 heterocycles. The molecule has 2 amide bonds. The van der Waals surface area contributed by atoms with E-state index in [-0.39, 0.29) is 16.7 Å². The van der Waals surface area contributed by atoms with Gasteiger partial charge in [-0.1, -0.05) is 6.07 Å². The molecular formula is C21H23N3O4S. The van der Waals surface area contributed by atoms with Crippen LogP contribution in [-0.2, 0) is 14.8 Å². The average molecular weight is 413 g/mol. The summed E-state index contributed by atoms with van der Waals surface area (Å²) < 4.78 is 26.9. The number of hydrogen-bond donors (Lipinski definition) is 1. The highest BCUT2D eigenvalue weighted by Gasteiger charge is 2.27. The van der Waals surface area contributed by atoms with Crippen molar-refractivity contribution in [3.63, 3.8) is 0 Å². The highest BCUT2D eigenvalue weighted by Crippen LogP contribution is 2.24. The molecule has 0 spiro atoms. The van der Waals surface area contributed by atoms with Gasteiger partial charge in [-0.2, -0.15) is 4.31 Å². The number of sulfonamides is 1. The van der Waals surface area contributed by atoms with Crippen molar-refractivity contribution in [3.8, 4) is 0 Å². The van der Waals surface area contributed by atoms with Crippen molar-refractivity contribution in [1.29, 1.82) is 0 Å². The highest BCUT2D eigenvalue weighted by molar-refractivity contribution is 7.89. The van der Waals surface area contributed by atoms with Gasteiger partial charge < -0.3 is 10.2 Å². The molecule has 0 saturated carbocycles. The molecule has 2 fully saturated rings. The second kappa shape index (κ2) is 7.96. The largest absolute Gasteiger partial charge is 0.322 e. The molecule has 7 nitrogen and oxygen atoms in total. The van der Waals surface area contributed by atoms with Crippen molar-refractivity contribution in [2.45, 2.75) is 30.6 Å². The number of rotatable bonds is 5. The van der Waals surface area contributed by atoms with Crippen molar-refractivity contribution in [2.24, 2.45) is 0 Å². The summed E-state index contributed by atoms with van der Waals surface area (Å²) in [5, 5.41) is 2.76. The fourth-order valence-corrected chi connectivity index (χ4v) is 5.29. The Balaban J connectivity index is 1.48. The minimum Gasteiger partial charge on any atom is -0.322 e. The molecule has 1 N–H and O–H groups in total. The van der Waals surface area contributed by atoms with Crippen LogP contribution in [0.1, 0.15) is 36.0 Å². The van der Waals surface area contributed by atoms with Gasteiger partial charge in [0.05, 0.1) is 4.90 Å². The minimum absolute atomic E-state index is 0.0956. The number of carbonyl (C=O) groups excluding carboxylic acids is 2. The number of anilines is 2. The van der Waals surface area contributed by atoms with Crippen LogP contribution in [0.15, 0.2) is 53.4 Å². The van der Waals surface area contributed by atoms with E-state index in [1.54, 1.807) is 47.4 Å². The Morgan fingerprint density at radius 1 is 0.931 bits per heavy atom. The molecule has 2 aromatic carbocycles. The lowest BCUT2D eigenvalue weighted by atomic mass is 10.1. The number of hydrogen-bond acceptors (Lipinski definition) is 4. The number of benzene rings is 2. The molecule has 4 rings (SSSR count). The molecular weight excluding hydrogens is 390 g/mol. The van der Waals surface area contributed by atoms with Gasteiger partial charge in [-0.15, -0.1) is 0 Å². The first-order valence-electron chi connectivity index (χ1n) is 9.77. The second-order valence-electron chi connectivity index (χ2n) is 7.29. The van der Waals surface area contributed by atoms with E-state index in [0.29, 0.717) is 37.3 Å². The summed E-state index contributed by atoms with van der Waals surface area (Å²) in [6, 6.07) is 13.2. The Morgan fingerprint density at radius 2 is 1.66 bits per heavy atom. The highest BCUT2D eigenvalue weighted by atomic mass is 32.2. The van der Waals surface area contributed by atoms with E-state index in [2.05, 4.69) is 5.32 Å². The third-order valence-corrected chi connectivity index (χ3v) is 7.20. The molecule has 2 aliphatic rings. The van der Waals surface area contributed by atoms with E-state index in [4.69, 9.17) is 0 Å². The standard InChI is InChI=1S/C21H23N3O4S/c25-20-7-4-14-24(20)18-10-8-16(9-11-18)21(26)22-17-5-3-6-19(15-17)29(27,28)23-12-1-2-13-23/h3,5-6,8-11,15H,1-2,4,7,12-14H2,(H,22,26). The van der Waals surface area contributed by atoms with Crippen LogP contribution < -0.4 is 10.2 Å². The monoisotopic (exact) mass is 413 g/mol. The summed E-state index contributed by atoms with van der Waals surface area (Å²) >= 11 is 0. The van der Waals surface area contributed by atoms with E-state index in [9.17, 15) is 18.0 Å². The fraction of sp³-hybridized carbons (Fsp3) is 0.333. The van der Waals surface area contributed by atoms with Crippen LogP contribution in [0.5, 0.6) is 0 Å². The average Bonchev–Trinajstić information content (AvgIpc) is 3.40. The lowest BCUT2D eigenvalue weighted by Crippen LogP contribution is -2.27. The van der Waals surface area contributed by atoms with E-state index < -0.39 is 10.0 Å². The van der Waals surface area contributed by atoms with Crippen LogP contribution in [0.2, 0.25) is 0 Å². The molecule has 8 heteroatoms. The van der Waals surface area contributed by atoms with Crippen molar-refractivity contribution >= 4 is 33.2 Å². The molecule has 0 bridgehead atoms. The summed E-state index contributed by atoms with van der Waals surface area (Å²) in [5.74, 6) is -0.238. The first-order chi connectivity index (χ1) is 13.9. The molecule has 0 atom stereocenters. The van der Waals surface area contributed by atoms with Gasteiger partial charge in [-0.3, -0.25) is 9.59 Å². The summed E-state index contributed by atoms with van der Waals surface area (Å²) in [6.45, 7) is 1.76. The van der Waals surface area contributed by atoms with Crippen molar-refractivity contribution < 1.29 is 18.0 Å². The first-order valence-corrected chi connectivity index (χ1v) is 11.2.